The Bertz CT molecular complexity index is 872. The van der Waals surface area contributed by atoms with Crippen molar-refractivity contribution in [3.63, 3.8) is 0 Å². The fraction of sp³-hybridized carbons (Fsp3) is 0.500. The van der Waals surface area contributed by atoms with E-state index in [-0.39, 0.29) is 24.7 Å². The Balaban J connectivity index is 1.46. The van der Waals surface area contributed by atoms with Crippen molar-refractivity contribution in [2.24, 2.45) is 0 Å². The molecule has 2 aromatic rings. The highest BCUT2D eigenvalue weighted by Crippen LogP contribution is 2.24. The Kier molecular flexibility index (Phi) is 6.65. The van der Waals surface area contributed by atoms with Crippen LogP contribution in [0.4, 0.5) is 0 Å². The maximum atomic E-state index is 12.9. The van der Waals surface area contributed by atoms with Gasteiger partial charge in [0.1, 0.15) is 5.75 Å². The summed E-state index contributed by atoms with van der Waals surface area (Å²) in [5.74, 6) is 0.799. The summed E-state index contributed by atoms with van der Waals surface area (Å²) in [7, 11) is 1.87. The second-order valence-corrected chi connectivity index (χ2v) is 8.30. The van der Waals surface area contributed by atoms with Gasteiger partial charge in [-0.3, -0.25) is 14.7 Å². The van der Waals surface area contributed by atoms with Gasteiger partial charge in [-0.1, -0.05) is 24.3 Å². The highest BCUT2D eigenvalue weighted by atomic mass is 16.5. The Hall–Kier alpha value is -2.44. The Morgan fingerprint density at radius 1 is 1.10 bits per heavy atom. The van der Waals surface area contributed by atoms with Crippen molar-refractivity contribution in [3.8, 4) is 5.75 Å². The maximum absolute atomic E-state index is 12.9. The van der Waals surface area contributed by atoms with Gasteiger partial charge in [0.2, 0.25) is 0 Å². The molecule has 0 radical (unpaired) electrons. The van der Waals surface area contributed by atoms with Gasteiger partial charge in [0, 0.05) is 39.0 Å². The number of likely N-dealkylation sites (tertiary alicyclic amines) is 1. The number of hydrogen-bond acceptors (Lipinski definition) is 5. The van der Waals surface area contributed by atoms with Gasteiger partial charge in [-0.05, 0) is 49.9 Å². The lowest BCUT2D eigenvalue weighted by molar-refractivity contribution is -0.136. The molecule has 1 aromatic carbocycles. The smallest absolute Gasteiger partial charge is 0.260 e. The molecule has 2 aliphatic rings. The molecule has 2 atom stereocenters. The van der Waals surface area contributed by atoms with Crippen molar-refractivity contribution in [1.29, 1.82) is 0 Å². The first kappa shape index (κ1) is 20.8. The van der Waals surface area contributed by atoms with Crippen LogP contribution in [0, 0.1) is 6.92 Å². The molecule has 160 valence electrons. The third-order valence-corrected chi connectivity index (χ3v) is 6.03. The fourth-order valence-corrected chi connectivity index (χ4v) is 4.34. The predicted molar refractivity (Wildman–Crippen MR) is 115 cm³/mol. The first-order chi connectivity index (χ1) is 14.6. The lowest BCUT2D eigenvalue weighted by atomic mass is 10.1. The first-order valence-corrected chi connectivity index (χ1v) is 10.8. The van der Waals surface area contributed by atoms with Gasteiger partial charge in [0.15, 0.2) is 6.61 Å². The van der Waals surface area contributed by atoms with E-state index >= 15 is 0 Å². The van der Waals surface area contributed by atoms with Crippen LogP contribution in [-0.2, 0) is 22.5 Å². The number of ether oxygens (including phenoxy) is 2. The van der Waals surface area contributed by atoms with Crippen LogP contribution in [0.15, 0.2) is 42.5 Å². The number of carbonyl (C=O) groups is 1. The number of amides is 1. The third kappa shape index (κ3) is 4.99. The lowest BCUT2D eigenvalue weighted by Crippen LogP contribution is -2.47. The molecule has 4 rings (SSSR count). The molecule has 2 aliphatic heterocycles. The number of carbonyl (C=O) groups excluding carboxylic acids is 1. The van der Waals surface area contributed by atoms with E-state index < -0.39 is 0 Å². The molecule has 1 aromatic heterocycles. The average Bonchev–Trinajstić information content (AvgIpc) is 3.14. The molecule has 1 fully saturated rings. The van der Waals surface area contributed by atoms with Gasteiger partial charge in [-0.15, -0.1) is 0 Å². The molecule has 0 unspecified atom stereocenters. The van der Waals surface area contributed by atoms with Gasteiger partial charge in [-0.2, -0.15) is 0 Å². The van der Waals surface area contributed by atoms with Gasteiger partial charge in [-0.25, -0.2) is 0 Å². The number of fused-ring (bicyclic) bond motifs is 2. The highest BCUT2D eigenvalue weighted by molar-refractivity contribution is 5.78. The van der Waals surface area contributed by atoms with Crippen molar-refractivity contribution in [2.45, 2.75) is 44.9 Å². The summed E-state index contributed by atoms with van der Waals surface area (Å²) >= 11 is 0. The first-order valence-electron chi connectivity index (χ1n) is 10.8. The van der Waals surface area contributed by atoms with Crippen LogP contribution in [0.2, 0.25) is 0 Å². The van der Waals surface area contributed by atoms with Gasteiger partial charge in [0.25, 0.3) is 5.91 Å². The van der Waals surface area contributed by atoms with Gasteiger partial charge in [0.05, 0.1) is 17.8 Å². The Morgan fingerprint density at radius 3 is 2.83 bits per heavy atom. The topological polar surface area (TPSA) is 54.9 Å². The van der Waals surface area contributed by atoms with Gasteiger partial charge < -0.3 is 14.4 Å². The van der Waals surface area contributed by atoms with Crippen LogP contribution in [-0.4, -0.2) is 66.2 Å². The number of nitrogens with zero attached hydrogens (tertiary/aromatic N) is 3. The minimum Gasteiger partial charge on any atom is -0.483 e. The normalized spacial score (nSPS) is 23.5. The molecule has 6 nitrogen and oxygen atoms in total. The lowest BCUT2D eigenvalue weighted by Gasteiger charge is -2.29. The molecule has 0 N–H and O–H groups in total. The minimum absolute atomic E-state index is 0.00638. The van der Waals surface area contributed by atoms with Crippen LogP contribution in [0.3, 0.4) is 0 Å². The summed E-state index contributed by atoms with van der Waals surface area (Å²) in [6.07, 6.45) is 2.97. The Labute approximate surface area is 178 Å². The molecule has 3 heterocycles. The number of aromatic nitrogens is 1. The summed E-state index contributed by atoms with van der Waals surface area (Å²) in [5, 5.41) is 0. The largest absolute Gasteiger partial charge is 0.483 e. The second kappa shape index (κ2) is 9.58. The summed E-state index contributed by atoms with van der Waals surface area (Å²) in [6, 6.07) is 14.1. The van der Waals surface area contributed by atoms with E-state index in [1.54, 1.807) is 0 Å². The second-order valence-electron chi connectivity index (χ2n) is 8.30. The van der Waals surface area contributed by atoms with Crippen molar-refractivity contribution in [2.75, 3.05) is 33.4 Å². The highest BCUT2D eigenvalue weighted by Gasteiger charge is 2.38. The zero-order chi connectivity index (χ0) is 20.9. The average molecular weight is 410 g/mol. The number of pyridine rings is 1. The SMILES string of the molecule is Cc1cccc(CN2C[C@@H]3[C@@H](C2)OCCCCc2ccccc2OCC(=O)N3C)n1. The van der Waals surface area contributed by atoms with Crippen LogP contribution < -0.4 is 4.74 Å². The third-order valence-electron chi connectivity index (χ3n) is 6.03. The predicted octanol–water partition coefficient (Wildman–Crippen LogP) is 2.83. The molecule has 0 bridgehead atoms. The number of aryl methyl sites for hydroxylation is 2. The Morgan fingerprint density at radius 2 is 1.97 bits per heavy atom. The van der Waals surface area contributed by atoms with Gasteiger partial charge >= 0.3 is 0 Å². The summed E-state index contributed by atoms with van der Waals surface area (Å²) in [4.78, 5) is 21.7. The van der Waals surface area contributed by atoms with E-state index in [4.69, 9.17) is 9.47 Å². The number of para-hydroxylation sites is 1. The van der Waals surface area contributed by atoms with E-state index in [1.807, 2.05) is 49.2 Å². The maximum Gasteiger partial charge on any atom is 0.260 e. The molecule has 30 heavy (non-hydrogen) atoms. The quantitative estimate of drug-likeness (QED) is 0.764. The molecule has 6 heteroatoms. The fourth-order valence-electron chi connectivity index (χ4n) is 4.34. The number of rotatable bonds is 2. The van der Waals surface area contributed by atoms with Crippen LogP contribution in [0.1, 0.15) is 29.8 Å². The standard InChI is InChI=1S/C24H31N3O3/c1-18-8-7-11-20(25-18)14-27-15-21-23(16-27)29-13-6-5-10-19-9-3-4-12-22(19)30-17-24(28)26(21)2/h3-4,7-9,11-12,21,23H,5-6,10,13-17H2,1-2H3/t21-,23-/m1/s1. The van der Waals surface area contributed by atoms with E-state index in [0.717, 1.165) is 61.6 Å². The minimum atomic E-state index is -0.0156. The summed E-state index contributed by atoms with van der Waals surface area (Å²) < 4.78 is 12.2. The van der Waals surface area contributed by atoms with E-state index in [0.29, 0.717) is 6.61 Å². The number of benzene rings is 1. The van der Waals surface area contributed by atoms with Crippen molar-refractivity contribution >= 4 is 5.91 Å². The zero-order valence-electron chi connectivity index (χ0n) is 17.9. The monoisotopic (exact) mass is 409 g/mol. The molecule has 0 aliphatic carbocycles. The molecular formula is C24H31N3O3. The molecular weight excluding hydrogens is 378 g/mol. The van der Waals surface area contributed by atoms with Crippen molar-refractivity contribution < 1.29 is 14.3 Å². The van der Waals surface area contributed by atoms with E-state index in [9.17, 15) is 4.79 Å². The van der Waals surface area contributed by atoms with Crippen LogP contribution in [0.5, 0.6) is 5.75 Å². The van der Waals surface area contributed by atoms with E-state index in [1.165, 1.54) is 0 Å². The summed E-state index contributed by atoms with van der Waals surface area (Å²) in [5.41, 5.74) is 3.23. The van der Waals surface area contributed by atoms with Crippen molar-refractivity contribution in [3.05, 3.63) is 59.4 Å². The van der Waals surface area contributed by atoms with Crippen molar-refractivity contribution in [1.82, 2.24) is 14.8 Å². The number of hydrogen-bond donors (Lipinski definition) is 0. The molecule has 1 saturated heterocycles. The van der Waals surface area contributed by atoms with Crippen LogP contribution >= 0.6 is 0 Å². The molecule has 0 saturated carbocycles. The number of likely N-dealkylation sites (N-methyl/N-ethyl adjacent to an activating group) is 1. The zero-order valence-corrected chi connectivity index (χ0v) is 17.9. The van der Waals surface area contributed by atoms with E-state index in [2.05, 4.69) is 22.0 Å². The summed E-state index contributed by atoms with van der Waals surface area (Å²) in [6.45, 7) is 5.12. The van der Waals surface area contributed by atoms with Crippen LogP contribution in [0.25, 0.3) is 0 Å². The molecule has 1 amide bonds. The molecule has 0 spiro atoms.